The van der Waals surface area contributed by atoms with Gasteiger partial charge in [-0.15, -0.1) is 0 Å². The minimum atomic E-state index is -1.91. The molecule has 10 heteroatoms. The lowest BCUT2D eigenvalue weighted by Crippen LogP contribution is -2.16. The standard InChI is InChI=1S/C19H11Cl6N3O/c20-18(21,22)16-26-15(27-17(28-16)19(23,24)25)13-7-3-11(4-8-13)1-2-12-5-9-14(29)10-6-12/h1-10,29H. The van der Waals surface area contributed by atoms with E-state index in [1.165, 1.54) is 0 Å². The van der Waals surface area contributed by atoms with Gasteiger partial charge in [-0.1, -0.05) is 118 Å². The molecule has 3 aromatic rings. The number of aromatic hydroxyl groups is 1. The van der Waals surface area contributed by atoms with Gasteiger partial charge in [-0.25, -0.2) is 15.0 Å². The highest BCUT2D eigenvalue weighted by Gasteiger charge is 2.33. The zero-order valence-corrected chi connectivity index (χ0v) is 18.9. The molecule has 0 spiro atoms. The fourth-order valence-corrected chi connectivity index (χ4v) is 2.79. The Morgan fingerprint density at radius 2 is 1.03 bits per heavy atom. The molecule has 0 aliphatic heterocycles. The van der Waals surface area contributed by atoms with Crippen LogP contribution in [-0.2, 0) is 7.59 Å². The van der Waals surface area contributed by atoms with Gasteiger partial charge in [0.2, 0.25) is 7.59 Å². The van der Waals surface area contributed by atoms with Crippen LogP contribution >= 0.6 is 69.6 Å². The molecule has 4 nitrogen and oxygen atoms in total. The first kappa shape index (κ1) is 22.4. The summed E-state index contributed by atoms with van der Waals surface area (Å²) in [6, 6.07) is 14.2. The molecule has 2 aromatic carbocycles. The SMILES string of the molecule is Oc1ccc(C=Cc2ccc(-c3nc(C(Cl)(Cl)Cl)nc(C(Cl)(Cl)Cl)n3)cc2)cc1. The lowest BCUT2D eigenvalue weighted by atomic mass is 10.1. The van der Waals surface area contributed by atoms with E-state index in [0.717, 1.165) is 11.1 Å². The summed E-state index contributed by atoms with van der Waals surface area (Å²) in [5.74, 6) is 0.124. The van der Waals surface area contributed by atoms with Crippen molar-refractivity contribution in [2.45, 2.75) is 7.59 Å². The van der Waals surface area contributed by atoms with Gasteiger partial charge in [0.1, 0.15) is 5.75 Å². The monoisotopic (exact) mass is 507 g/mol. The Morgan fingerprint density at radius 1 is 0.621 bits per heavy atom. The van der Waals surface area contributed by atoms with Gasteiger partial charge in [-0.05, 0) is 23.3 Å². The van der Waals surface area contributed by atoms with E-state index in [0.29, 0.717) is 5.56 Å². The first-order valence-electron chi connectivity index (χ1n) is 8.00. The number of halogens is 6. The molecular weight excluding hydrogens is 499 g/mol. The van der Waals surface area contributed by atoms with Gasteiger partial charge in [0.05, 0.1) is 0 Å². The molecule has 0 fully saturated rings. The van der Waals surface area contributed by atoms with Crippen molar-refractivity contribution in [3.05, 3.63) is 71.3 Å². The van der Waals surface area contributed by atoms with Crippen LogP contribution in [0, 0.1) is 0 Å². The molecule has 0 aliphatic rings. The van der Waals surface area contributed by atoms with E-state index in [1.54, 1.807) is 24.3 Å². The van der Waals surface area contributed by atoms with E-state index in [1.807, 2.05) is 36.4 Å². The van der Waals surface area contributed by atoms with Crippen molar-refractivity contribution in [2.75, 3.05) is 0 Å². The Morgan fingerprint density at radius 3 is 1.45 bits per heavy atom. The summed E-state index contributed by atoms with van der Waals surface area (Å²) >= 11 is 35.4. The Hall–Kier alpha value is -1.27. The van der Waals surface area contributed by atoms with Gasteiger partial charge in [0, 0.05) is 5.56 Å². The third-order valence-electron chi connectivity index (χ3n) is 3.67. The highest BCUT2D eigenvalue weighted by Crippen LogP contribution is 2.40. The number of phenols is 1. The molecule has 0 radical (unpaired) electrons. The Bertz CT molecular complexity index is 994. The minimum absolute atomic E-state index is 0.148. The fraction of sp³-hybridized carbons (Fsp3) is 0.105. The predicted molar refractivity (Wildman–Crippen MR) is 121 cm³/mol. The van der Waals surface area contributed by atoms with Crippen LogP contribution in [0.3, 0.4) is 0 Å². The van der Waals surface area contributed by atoms with Crippen LogP contribution in [0.1, 0.15) is 22.8 Å². The van der Waals surface area contributed by atoms with E-state index in [4.69, 9.17) is 69.6 Å². The normalized spacial score (nSPS) is 12.5. The van der Waals surface area contributed by atoms with Crippen molar-refractivity contribution in [3.63, 3.8) is 0 Å². The van der Waals surface area contributed by atoms with Crippen molar-refractivity contribution >= 4 is 81.8 Å². The average molecular weight is 510 g/mol. The molecule has 1 N–H and O–H groups in total. The highest BCUT2D eigenvalue weighted by molar-refractivity contribution is 6.67. The third kappa shape index (κ3) is 6.11. The van der Waals surface area contributed by atoms with Crippen molar-refractivity contribution in [2.24, 2.45) is 0 Å². The molecule has 0 bridgehead atoms. The van der Waals surface area contributed by atoms with E-state index in [-0.39, 0.29) is 23.2 Å². The summed E-state index contributed by atoms with van der Waals surface area (Å²) < 4.78 is -3.82. The van der Waals surface area contributed by atoms with Gasteiger partial charge in [0.25, 0.3) is 0 Å². The number of aromatic nitrogens is 3. The van der Waals surface area contributed by atoms with Crippen LogP contribution in [0.15, 0.2) is 48.5 Å². The van der Waals surface area contributed by atoms with Crippen molar-refractivity contribution < 1.29 is 5.11 Å². The van der Waals surface area contributed by atoms with Crippen LogP contribution in [0.4, 0.5) is 0 Å². The maximum absolute atomic E-state index is 9.33. The average Bonchev–Trinajstić information content (AvgIpc) is 2.66. The van der Waals surface area contributed by atoms with Crippen molar-refractivity contribution in [1.82, 2.24) is 15.0 Å². The second-order valence-electron chi connectivity index (χ2n) is 5.85. The van der Waals surface area contributed by atoms with E-state index >= 15 is 0 Å². The van der Waals surface area contributed by atoms with Gasteiger partial charge in [-0.3, -0.25) is 0 Å². The molecule has 3 rings (SSSR count). The first-order chi connectivity index (χ1) is 13.5. The zero-order valence-electron chi connectivity index (χ0n) is 14.3. The molecule has 1 heterocycles. The molecule has 0 saturated carbocycles. The van der Waals surface area contributed by atoms with E-state index in [2.05, 4.69) is 15.0 Å². The lowest BCUT2D eigenvalue weighted by molar-refractivity contribution is 0.475. The molecule has 150 valence electrons. The number of nitrogens with zero attached hydrogens (tertiary/aromatic N) is 3. The van der Waals surface area contributed by atoms with Crippen LogP contribution in [-0.4, -0.2) is 20.1 Å². The molecule has 1 aromatic heterocycles. The van der Waals surface area contributed by atoms with Crippen molar-refractivity contribution in [3.8, 4) is 17.1 Å². The number of rotatable bonds is 3. The summed E-state index contributed by atoms with van der Waals surface area (Å²) in [6.45, 7) is 0. The second kappa shape index (κ2) is 8.84. The molecule has 0 atom stereocenters. The maximum atomic E-state index is 9.33. The van der Waals surface area contributed by atoms with Gasteiger partial charge < -0.3 is 5.11 Å². The molecule has 0 aliphatic carbocycles. The van der Waals surface area contributed by atoms with Crippen LogP contribution in [0.25, 0.3) is 23.5 Å². The Labute approximate surface area is 197 Å². The summed E-state index contributed by atoms with van der Waals surface area (Å²) in [4.78, 5) is 12.3. The molecule has 0 unspecified atom stereocenters. The number of benzene rings is 2. The summed E-state index contributed by atoms with van der Waals surface area (Å²) in [5, 5.41) is 9.33. The van der Waals surface area contributed by atoms with Gasteiger partial charge in [0.15, 0.2) is 17.5 Å². The highest BCUT2D eigenvalue weighted by atomic mass is 35.6. The predicted octanol–water partition coefficient (Wildman–Crippen LogP) is 7.07. The maximum Gasteiger partial charge on any atom is 0.250 e. The topological polar surface area (TPSA) is 58.9 Å². The number of phenolic OH excluding ortho intramolecular Hbond substituents is 1. The van der Waals surface area contributed by atoms with Crippen LogP contribution in [0.2, 0.25) is 0 Å². The third-order valence-corrected chi connectivity index (χ3v) is 4.69. The number of alkyl halides is 6. The van der Waals surface area contributed by atoms with Gasteiger partial charge in [-0.2, -0.15) is 0 Å². The Kier molecular flexibility index (Phi) is 6.84. The first-order valence-corrected chi connectivity index (χ1v) is 10.3. The lowest BCUT2D eigenvalue weighted by Gasteiger charge is -2.15. The van der Waals surface area contributed by atoms with Gasteiger partial charge >= 0.3 is 0 Å². The number of hydrogen-bond acceptors (Lipinski definition) is 4. The second-order valence-corrected chi connectivity index (χ2v) is 10.4. The molecule has 0 amide bonds. The van der Waals surface area contributed by atoms with Crippen LogP contribution < -0.4 is 0 Å². The Balaban J connectivity index is 1.91. The minimum Gasteiger partial charge on any atom is -0.508 e. The quantitative estimate of drug-likeness (QED) is 0.303. The molecule has 0 saturated heterocycles. The molecule has 29 heavy (non-hydrogen) atoms. The van der Waals surface area contributed by atoms with E-state index in [9.17, 15) is 5.11 Å². The van der Waals surface area contributed by atoms with Crippen molar-refractivity contribution in [1.29, 1.82) is 0 Å². The van der Waals surface area contributed by atoms with Crippen LogP contribution in [0.5, 0.6) is 5.75 Å². The summed E-state index contributed by atoms with van der Waals surface area (Å²) in [7, 11) is 0. The smallest absolute Gasteiger partial charge is 0.250 e. The largest absolute Gasteiger partial charge is 0.508 e. The van der Waals surface area contributed by atoms with E-state index < -0.39 is 7.59 Å². The molecular formula is C19H11Cl6N3O. The number of hydrogen-bond donors (Lipinski definition) is 1. The summed E-state index contributed by atoms with van der Waals surface area (Å²) in [6.07, 6.45) is 3.84. The zero-order chi connectivity index (χ0) is 21.2. The fourth-order valence-electron chi connectivity index (χ4n) is 2.28. The summed E-state index contributed by atoms with van der Waals surface area (Å²) in [5.41, 5.74) is 2.50.